The van der Waals surface area contributed by atoms with Crippen LogP contribution in [0.1, 0.15) is 13.8 Å². The van der Waals surface area contributed by atoms with Crippen LogP contribution in [0.5, 0.6) is 0 Å². The van der Waals surface area contributed by atoms with Gasteiger partial charge in [0.15, 0.2) is 0 Å². The van der Waals surface area contributed by atoms with E-state index in [2.05, 4.69) is 20.7 Å². The molecule has 0 saturated carbocycles. The molecule has 0 saturated heterocycles. The normalized spacial score (nSPS) is 11.9. The Labute approximate surface area is 114 Å². The van der Waals surface area contributed by atoms with Gasteiger partial charge in [-0.2, -0.15) is 0 Å². The number of sulfonamides is 1. The smallest absolute Gasteiger partial charge is 0.233 e. The van der Waals surface area contributed by atoms with Gasteiger partial charge in [0, 0.05) is 4.47 Å². The Kier molecular flexibility index (Phi) is 4.80. The summed E-state index contributed by atoms with van der Waals surface area (Å²) in [5, 5.41) is 0.0178. The Morgan fingerprint density at radius 3 is 2.53 bits per heavy atom. The van der Waals surface area contributed by atoms with Gasteiger partial charge in [0.05, 0.1) is 16.5 Å². The van der Waals surface area contributed by atoms with Crippen molar-refractivity contribution in [1.82, 2.24) is 0 Å². The van der Waals surface area contributed by atoms with Gasteiger partial charge in [-0.1, -0.05) is 25.4 Å². The first kappa shape index (κ1) is 14.7. The zero-order chi connectivity index (χ0) is 13.2. The number of hydrogen-bond acceptors (Lipinski definition) is 2. The predicted octanol–water partition coefficient (Wildman–Crippen LogP) is 3.64. The third kappa shape index (κ3) is 4.44. The molecular weight excluding hydrogens is 333 g/mol. The molecule has 1 rings (SSSR count). The molecule has 0 aliphatic carbocycles. The van der Waals surface area contributed by atoms with Crippen molar-refractivity contribution in [2.75, 3.05) is 10.5 Å². The van der Waals surface area contributed by atoms with Gasteiger partial charge in [0.1, 0.15) is 5.82 Å². The van der Waals surface area contributed by atoms with Gasteiger partial charge in [-0.25, -0.2) is 12.8 Å². The van der Waals surface area contributed by atoms with E-state index in [1.807, 2.05) is 0 Å². The van der Waals surface area contributed by atoms with Crippen LogP contribution < -0.4 is 4.72 Å². The molecule has 0 amide bonds. The highest BCUT2D eigenvalue weighted by atomic mass is 79.9. The lowest BCUT2D eigenvalue weighted by Gasteiger charge is -2.12. The molecule has 0 aromatic heterocycles. The molecule has 17 heavy (non-hydrogen) atoms. The van der Waals surface area contributed by atoms with E-state index < -0.39 is 15.8 Å². The Morgan fingerprint density at radius 1 is 1.47 bits per heavy atom. The summed E-state index contributed by atoms with van der Waals surface area (Å²) in [6, 6.07) is 2.21. The maximum absolute atomic E-state index is 13.0. The first-order valence-electron chi connectivity index (χ1n) is 4.86. The molecule has 7 heteroatoms. The maximum Gasteiger partial charge on any atom is 0.233 e. The van der Waals surface area contributed by atoms with Gasteiger partial charge in [-0.3, -0.25) is 4.72 Å². The molecule has 1 N–H and O–H groups in total. The van der Waals surface area contributed by atoms with Crippen LogP contribution >= 0.6 is 27.5 Å². The second kappa shape index (κ2) is 5.54. The molecule has 3 nitrogen and oxygen atoms in total. The highest BCUT2D eigenvalue weighted by molar-refractivity contribution is 9.10. The summed E-state index contributed by atoms with van der Waals surface area (Å²) in [6.45, 7) is 3.58. The molecule has 0 spiro atoms. The molecule has 0 radical (unpaired) electrons. The Morgan fingerprint density at radius 2 is 2.06 bits per heavy atom. The first-order valence-corrected chi connectivity index (χ1v) is 7.68. The average Bonchev–Trinajstić information content (AvgIpc) is 2.09. The van der Waals surface area contributed by atoms with E-state index in [1.165, 1.54) is 0 Å². The Hall–Kier alpha value is -0.330. The molecule has 0 atom stereocenters. The fraction of sp³-hybridized carbons (Fsp3) is 0.400. The SMILES string of the molecule is CC(C)CS(=O)(=O)Nc1c(Cl)cc(F)cc1Br. The Balaban J connectivity index is 3.04. The molecule has 0 bridgehead atoms. The molecular formula is C10H12BrClFNO2S. The second-order valence-corrected chi connectivity index (χ2v) is 7.05. The predicted molar refractivity (Wildman–Crippen MR) is 71.4 cm³/mol. The van der Waals surface area contributed by atoms with Crippen molar-refractivity contribution in [2.45, 2.75) is 13.8 Å². The summed E-state index contributed by atoms with van der Waals surface area (Å²) < 4.78 is 39.0. The summed E-state index contributed by atoms with van der Waals surface area (Å²) in [6.07, 6.45) is 0. The van der Waals surface area contributed by atoms with Crippen molar-refractivity contribution < 1.29 is 12.8 Å². The monoisotopic (exact) mass is 343 g/mol. The highest BCUT2D eigenvalue weighted by Gasteiger charge is 2.17. The minimum Gasteiger partial charge on any atom is -0.281 e. The number of anilines is 1. The summed E-state index contributed by atoms with van der Waals surface area (Å²) in [7, 11) is -3.48. The minimum atomic E-state index is -3.48. The van der Waals surface area contributed by atoms with Crippen molar-refractivity contribution >= 4 is 43.2 Å². The lowest BCUT2D eigenvalue weighted by molar-refractivity contribution is 0.587. The molecule has 0 unspecified atom stereocenters. The van der Waals surface area contributed by atoms with Crippen LogP contribution in [0.3, 0.4) is 0 Å². The fourth-order valence-electron chi connectivity index (χ4n) is 1.28. The second-order valence-electron chi connectivity index (χ2n) is 4.02. The van der Waals surface area contributed by atoms with E-state index in [9.17, 15) is 12.8 Å². The summed E-state index contributed by atoms with van der Waals surface area (Å²) in [5.41, 5.74) is 0.161. The molecule has 0 heterocycles. The zero-order valence-corrected chi connectivity index (χ0v) is 12.5. The van der Waals surface area contributed by atoms with Gasteiger partial charge in [0.25, 0.3) is 0 Å². The van der Waals surface area contributed by atoms with Crippen LogP contribution in [0.15, 0.2) is 16.6 Å². The van der Waals surface area contributed by atoms with Crippen LogP contribution in [0.4, 0.5) is 10.1 Å². The van der Waals surface area contributed by atoms with Crippen molar-refractivity contribution in [3.05, 3.63) is 27.4 Å². The summed E-state index contributed by atoms with van der Waals surface area (Å²) >= 11 is 8.85. The van der Waals surface area contributed by atoms with E-state index >= 15 is 0 Å². The largest absolute Gasteiger partial charge is 0.281 e. The van der Waals surface area contributed by atoms with Crippen LogP contribution in [-0.2, 0) is 10.0 Å². The summed E-state index contributed by atoms with van der Waals surface area (Å²) in [5.74, 6) is -0.563. The van der Waals surface area contributed by atoms with Crippen molar-refractivity contribution in [3.8, 4) is 0 Å². The van der Waals surface area contributed by atoms with Crippen molar-refractivity contribution in [1.29, 1.82) is 0 Å². The van der Waals surface area contributed by atoms with Crippen molar-refractivity contribution in [3.63, 3.8) is 0 Å². The molecule has 1 aromatic carbocycles. The van der Waals surface area contributed by atoms with Gasteiger partial charge in [-0.15, -0.1) is 0 Å². The van der Waals surface area contributed by atoms with E-state index in [0.717, 1.165) is 12.1 Å². The average molecular weight is 345 g/mol. The third-order valence-electron chi connectivity index (χ3n) is 1.82. The van der Waals surface area contributed by atoms with E-state index in [1.54, 1.807) is 13.8 Å². The van der Waals surface area contributed by atoms with Gasteiger partial charge >= 0.3 is 0 Å². The zero-order valence-electron chi connectivity index (χ0n) is 9.30. The molecule has 1 aromatic rings. The van der Waals surface area contributed by atoms with Gasteiger partial charge in [0.2, 0.25) is 10.0 Å². The van der Waals surface area contributed by atoms with Crippen LogP contribution in [-0.4, -0.2) is 14.2 Å². The quantitative estimate of drug-likeness (QED) is 0.906. The Bertz CT molecular complexity index is 496. The number of hydrogen-bond donors (Lipinski definition) is 1. The molecule has 0 aliphatic rings. The van der Waals surface area contributed by atoms with E-state index in [0.29, 0.717) is 0 Å². The number of rotatable bonds is 4. The molecule has 0 aliphatic heterocycles. The van der Waals surface area contributed by atoms with Crippen LogP contribution in [0.25, 0.3) is 0 Å². The topological polar surface area (TPSA) is 46.2 Å². The lowest BCUT2D eigenvalue weighted by atomic mass is 10.3. The molecule has 0 fully saturated rings. The third-order valence-corrected chi connectivity index (χ3v) is 4.36. The van der Waals surface area contributed by atoms with Gasteiger partial charge in [-0.05, 0) is 34.0 Å². The molecule has 96 valence electrons. The number of halogens is 3. The minimum absolute atomic E-state index is 0.00880. The van der Waals surface area contributed by atoms with Crippen LogP contribution in [0, 0.1) is 11.7 Å². The maximum atomic E-state index is 13.0. The lowest BCUT2D eigenvalue weighted by Crippen LogP contribution is -2.20. The van der Waals surface area contributed by atoms with E-state index in [4.69, 9.17) is 11.6 Å². The highest BCUT2D eigenvalue weighted by Crippen LogP contribution is 2.32. The van der Waals surface area contributed by atoms with Crippen LogP contribution in [0.2, 0.25) is 5.02 Å². The van der Waals surface area contributed by atoms with Crippen molar-refractivity contribution in [2.24, 2.45) is 5.92 Å². The summed E-state index contributed by atoms with van der Waals surface area (Å²) in [4.78, 5) is 0. The fourth-order valence-corrected chi connectivity index (χ4v) is 3.85. The number of nitrogens with one attached hydrogen (secondary N) is 1. The van der Waals surface area contributed by atoms with Gasteiger partial charge < -0.3 is 0 Å². The first-order chi connectivity index (χ1) is 7.71. The standard InChI is InChI=1S/C10H12BrClFNO2S/c1-6(2)5-17(15,16)14-10-8(11)3-7(13)4-9(10)12/h3-4,6,14H,5H2,1-2H3. The number of benzene rings is 1. The van der Waals surface area contributed by atoms with E-state index in [-0.39, 0.29) is 26.9 Å².